The second-order valence-corrected chi connectivity index (χ2v) is 6.91. The summed E-state index contributed by atoms with van der Waals surface area (Å²) in [5.74, 6) is 0.471. The lowest BCUT2D eigenvalue weighted by molar-refractivity contribution is -0.149. The van der Waals surface area contributed by atoms with Gasteiger partial charge >= 0.3 is 6.18 Å². The fourth-order valence-electron chi connectivity index (χ4n) is 3.13. The van der Waals surface area contributed by atoms with Gasteiger partial charge in [0.1, 0.15) is 5.82 Å². The molecule has 3 rings (SSSR count). The highest BCUT2D eigenvalue weighted by Crippen LogP contribution is 2.28. The van der Waals surface area contributed by atoms with Gasteiger partial charge in [0.2, 0.25) is 5.91 Å². The maximum atomic E-state index is 12.3. The largest absolute Gasteiger partial charge is 0.389 e. The van der Waals surface area contributed by atoms with E-state index >= 15 is 0 Å². The number of alkyl halides is 3. The van der Waals surface area contributed by atoms with E-state index in [1.165, 1.54) is 11.3 Å². The van der Waals surface area contributed by atoms with E-state index in [0.29, 0.717) is 19.6 Å². The Balaban J connectivity index is 1.64. The van der Waals surface area contributed by atoms with E-state index in [0.717, 1.165) is 24.4 Å². The van der Waals surface area contributed by atoms with Gasteiger partial charge in [0.15, 0.2) is 0 Å². The van der Waals surface area contributed by atoms with Crippen molar-refractivity contribution in [2.45, 2.75) is 44.3 Å². The third-order valence-electron chi connectivity index (χ3n) is 4.33. The number of likely N-dealkylation sites (tertiary alicyclic amines) is 1. The van der Waals surface area contributed by atoms with Gasteiger partial charge in [0, 0.05) is 43.2 Å². The van der Waals surface area contributed by atoms with Crippen LogP contribution in [0, 0.1) is 0 Å². The molecule has 0 spiro atoms. The average molecular weight is 372 g/mol. The molecule has 9 heteroatoms. The van der Waals surface area contributed by atoms with Crippen LogP contribution in [0.4, 0.5) is 13.2 Å². The van der Waals surface area contributed by atoms with Crippen LogP contribution in [0.2, 0.25) is 0 Å². The Bertz CT molecular complexity index is 699. The van der Waals surface area contributed by atoms with Gasteiger partial charge in [-0.3, -0.25) is 4.79 Å². The van der Waals surface area contributed by atoms with Crippen molar-refractivity contribution in [1.82, 2.24) is 19.4 Å². The molecule has 1 aliphatic heterocycles. The molecule has 0 radical (unpaired) electrons. The lowest BCUT2D eigenvalue weighted by Crippen LogP contribution is -2.40. The summed E-state index contributed by atoms with van der Waals surface area (Å²) in [5, 5.41) is 1.97. The number of imidazole rings is 1. The van der Waals surface area contributed by atoms with Crippen molar-refractivity contribution in [3.63, 3.8) is 0 Å². The second-order valence-electron chi connectivity index (χ2n) is 6.19. The molecule has 0 N–H and O–H groups in total. The van der Waals surface area contributed by atoms with E-state index in [2.05, 4.69) is 9.97 Å². The number of aromatic nitrogens is 3. The van der Waals surface area contributed by atoms with Gasteiger partial charge in [-0.2, -0.15) is 13.2 Å². The Labute approximate surface area is 147 Å². The number of piperidine rings is 1. The molecule has 1 fully saturated rings. The first-order chi connectivity index (χ1) is 11.9. The first-order valence-electron chi connectivity index (χ1n) is 8.15. The zero-order chi connectivity index (χ0) is 17.9. The molecule has 5 nitrogen and oxygen atoms in total. The topological polar surface area (TPSA) is 51.0 Å². The highest BCUT2D eigenvalue weighted by atomic mass is 32.1. The minimum absolute atomic E-state index is 0.0391. The quantitative estimate of drug-likeness (QED) is 0.808. The van der Waals surface area contributed by atoms with E-state index < -0.39 is 24.9 Å². The summed E-state index contributed by atoms with van der Waals surface area (Å²) in [6, 6.07) is 0. The standard InChI is InChI=1S/C16H19F3N4OS/c17-16(18,19)4-3-14(24)22-6-1-2-12(8-22)15-20-5-7-23(15)9-13-10-25-11-21-13/h5,7,10-12H,1-4,6,8-9H2/t12-/m0/s1. The van der Waals surface area contributed by atoms with E-state index in [9.17, 15) is 18.0 Å². The molecule has 1 atom stereocenters. The summed E-state index contributed by atoms with van der Waals surface area (Å²) in [4.78, 5) is 22.3. The normalized spacial score (nSPS) is 18.5. The van der Waals surface area contributed by atoms with Crippen molar-refractivity contribution >= 4 is 17.2 Å². The van der Waals surface area contributed by atoms with E-state index in [4.69, 9.17) is 0 Å². The third-order valence-corrected chi connectivity index (χ3v) is 4.96. The molecule has 1 saturated heterocycles. The minimum Gasteiger partial charge on any atom is -0.342 e. The van der Waals surface area contributed by atoms with Gasteiger partial charge in [-0.25, -0.2) is 9.97 Å². The van der Waals surface area contributed by atoms with Crippen LogP contribution in [-0.4, -0.2) is 44.6 Å². The van der Waals surface area contributed by atoms with Crippen LogP contribution < -0.4 is 0 Å². The molecule has 25 heavy (non-hydrogen) atoms. The Morgan fingerprint density at radius 2 is 2.20 bits per heavy atom. The average Bonchev–Trinajstić information content (AvgIpc) is 3.24. The predicted molar refractivity (Wildman–Crippen MR) is 87.3 cm³/mol. The maximum absolute atomic E-state index is 12.3. The summed E-state index contributed by atoms with van der Waals surface area (Å²) in [7, 11) is 0. The fraction of sp³-hybridized carbons (Fsp3) is 0.562. The SMILES string of the molecule is O=C(CCC(F)(F)F)N1CCC[C@H](c2nccn2Cc2cscn2)C1. The molecule has 0 saturated carbocycles. The molecule has 3 heterocycles. The highest BCUT2D eigenvalue weighted by Gasteiger charge is 2.31. The third kappa shape index (κ3) is 4.81. The van der Waals surface area contributed by atoms with Gasteiger partial charge in [0.05, 0.1) is 24.2 Å². The molecule has 0 bridgehead atoms. The first kappa shape index (κ1) is 17.9. The molecule has 0 aliphatic carbocycles. The Hall–Kier alpha value is -1.90. The first-order valence-corrected chi connectivity index (χ1v) is 9.09. The summed E-state index contributed by atoms with van der Waals surface area (Å²) >= 11 is 1.52. The van der Waals surface area contributed by atoms with E-state index in [-0.39, 0.29) is 5.92 Å². The van der Waals surface area contributed by atoms with E-state index in [1.807, 2.05) is 16.1 Å². The summed E-state index contributed by atoms with van der Waals surface area (Å²) in [5.41, 5.74) is 2.71. The van der Waals surface area contributed by atoms with Gasteiger partial charge in [0.25, 0.3) is 0 Å². The number of amides is 1. The number of carbonyl (C=O) groups is 1. The molecule has 0 unspecified atom stereocenters. The van der Waals surface area contributed by atoms with Crippen LogP contribution >= 0.6 is 11.3 Å². The number of hydrogen-bond acceptors (Lipinski definition) is 4. The lowest BCUT2D eigenvalue weighted by atomic mass is 9.96. The lowest BCUT2D eigenvalue weighted by Gasteiger charge is -2.33. The molecule has 2 aromatic heterocycles. The monoisotopic (exact) mass is 372 g/mol. The number of carbonyl (C=O) groups excluding carboxylic acids is 1. The van der Waals surface area contributed by atoms with Crippen LogP contribution in [-0.2, 0) is 11.3 Å². The number of rotatable bonds is 5. The molecular formula is C16H19F3N4OS. The van der Waals surface area contributed by atoms with Crippen LogP contribution in [0.1, 0.15) is 43.1 Å². The van der Waals surface area contributed by atoms with Crippen molar-refractivity contribution in [1.29, 1.82) is 0 Å². The number of hydrogen-bond donors (Lipinski definition) is 0. The van der Waals surface area contributed by atoms with E-state index in [1.54, 1.807) is 16.6 Å². The van der Waals surface area contributed by atoms with Gasteiger partial charge < -0.3 is 9.47 Å². The summed E-state index contributed by atoms with van der Waals surface area (Å²) < 4.78 is 39.0. The fourth-order valence-corrected chi connectivity index (χ4v) is 3.68. The van der Waals surface area contributed by atoms with Crippen molar-refractivity contribution < 1.29 is 18.0 Å². The van der Waals surface area contributed by atoms with Crippen LogP contribution in [0.3, 0.4) is 0 Å². The maximum Gasteiger partial charge on any atom is 0.389 e. The second kappa shape index (κ2) is 7.55. The summed E-state index contributed by atoms with van der Waals surface area (Å²) in [6.45, 7) is 1.54. The number of thiazole rings is 1. The molecule has 136 valence electrons. The Kier molecular flexibility index (Phi) is 5.41. The number of halogens is 3. The van der Waals surface area contributed by atoms with Crippen molar-refractivity contribution in [2.75, 3.05) is 13.1 Å². The molecule has 1 aliphatic rings. The molecule has 1 amide bonds. The Morgan fingerprint density at radius 1 is 1.36 bits per heavy atom. The molecule has 2 aromatic rings. The molecule has 0 aromatic carbocycles. The smallest absolute Gasteiger partial charge is 0.342 e. The van der Waals surface area contributed by atoms with Crippen molar-refractivity contribution in [2.24, 2.45) is 0 Å². The van der Waals surface area contributed by atoms with Crippen LogP contribution in [0.5, 0.6) is 0 Å². The minimum atomic E-state index is -4.30. The Morgan fingerprint density at radius 3 is 2.92 bits per heavy atom. The summed E-state index contributed by atoms with van der Waals surface area (Å²) in [6.07, 6.45) is -0.613. The predicted octanol–water partition coefficient (Wildman–Crippen LogP) is 3.44. The van der Waals surface area contributed by atoms with Crippen LogP contribution in [0.15, 0.2) is 23.3 Å². The highest BCUT2D eigenvalue weighted by molar-refractivity contribution is 7.07. The van der Waals surface area contributed by atoms with Crippen molar-refractivity contribution in [3.05, 3.63) is 34.8 Å². The van der Waals surface area contributed by atoms with Gasteiger partial charge in [-0.1, -0.05) is 0 Å². The zero-order valence-electron chi connectivity index (χ0n) is 13.6. The van der Waals surface area contributed by atoms with Gasteiger partial charge in [-0.15, -0.1) is 11.3 Å². The van der Waals surface area contributed by atoms with Crippen molar-refractivity contribution in [3.8, 4) is 0 Å². The zero-order valence-corrected chi connectivity index (χ0v) is 14.4. The number of nitrogens with zero attached hydrogens (tertiary/aromatic N) is 4. The van der Waals surface area contributed by atoms with Crippen LogP contribution in [0.25, 0.3) is 0 Å². The van der Waals surface area contributed by atoms with Gasteiger partial charge in [-0.05, 0) is 12.8 Å². The molecular weight excluding hydrogens is 353 g/mol.